The number of halogens is 1. The van der Waals surface area contributed by atoms with Crippen molar-refractivity contribution >= 4 is 29.1 Å². The zero-order valence-corrected chi connectivity index (χ0v) is 14.3. The number of rotatable bonds is 6. The van der Waals surface area contributed by atoms with Gasteiger partial charge in [0, 0.05) is 36.3 Å². The van der Waals surface area contributed by atoms with Gasteiger partial charge in [-0.3, -0.25) is 9.59 Å². The zero-order chi connectivity index (χ0) is 17.0. The van der Waals surface area contributed by atoms with Crippen LogP contribution in [0, 0.1) is 11.8 Å². The molecule has 0 aromatic heterocycles. The van der Waals surface area contributed by atoms with Gasteiger partial charge in [0.1, 0.15) is 0 Å². The van der Waals surface area contributed by atoms with Crippen LogP contribution in [0.5, 0.6) is 0 Å². The monoisotopic (exact) mass is 337 g/mol. The predicted octanol–water partition coefficient (Wildman–Crippen LogP) is 2.18. The van der Waals surface area contributed by atoms with E-state index in [0.717, 1.165) is 12.1 Å². The molecule has 6 heteroatoms. The summed E-state index contributed by atoms with van der Waals surface area (Å²) in [5.41, 5.74) is 6.49. The van der Waals surface area contributed by atoms with E-state index >= 15 is 0 Å². The molecule has 1 heterocycles. The number of hydrogen-bond acceptors (Lipinski definition) is 3. The number of carbonyl (C=O) groups is 2. The fourth-order valence-corrected chi connectivity index (χ4v) is 2.98. The van der Waals surface area contributed by atoms with E-state index in [1.54, 1.807) is 29.2 Å². The number of nitrogens with one attached hydrogen (secondary N) is 1. The van der Waals surface area contributed by atoms with Gasteiger partial charge in [-0.05, 0) is 36.6 Å². The summed E-state index contributed by atoms with van der Waals surface area (Å²) in [7, 11) is 0. The standard InChI is InChI=1S/C17H24ClN3O2/c1-11(2)7-14(9-19)20-17(23)12-8-16(22)21(10-12)15-5-3-13(18)4-6-15/h3-6,11-12,14H,7-10,19H2,1-2H3,(H,20,23). The molecule has 1 aromatic rings. The molecule has 23 heavy (non-hydrogen) atoms. The fraction of sp³-hybridized carbons (Fsp3) is 0.529. The molecule has 1 aliphatic heterocycles. The highest BCUT2D eigenvalue weighted by molar-refractivity contribution is 6.30. The van der Waals surface area contributed by atoms with Crippen LogP contribution < -0.4 is 16.0 Å². The Bertz CT molecular complexity index is 559. The molecule has 0 aliphatic carbocycles. The van der Waals surface area contributed by atoms with Gasteiger partial charge >= 0.3 is 0 Å². The van der Waals surface area contributed by atoms with Gasteiger partial charge in [-0.25, -0.2) is 0 Å². The Kier molecular flexibility index (Phi) is 6.02. The normalized spacial score (nSPS) is 19.3. The van der Waals surface area contributed by atoms with Gasteiger partial charge in [-0.15, -0.1) is 0 Å². The molecule has 1 aliphatic rings. The molecule has 126 valence electrons. The predicted molar refractivity (Wildman–Crippen MR) is 92.4 cm³/mol. The first-order valence-electron chi connectivity index (χ1n) is 7.97. The van der Waals surface area contributed by atoms with Gasteiger partial charge in [0.05, 0.1) is 5.92 Å². The fourth-order valence-electron chi connectivity index (χ4n) is 2.86. The second-order valence-corrected chi connectivity index (χ2v) is 6.89. The lowest BCUT2D eigenvalue weighted by Crippen LogP contribution is -2.44. The number of benzene rings is 1. The number of amides is 2. The second kappa shape index (κ2) is 7.79. The lowest BCUT2D eigenvalue weighted by Gasteiger charge is -2.21. The molecule has 0 radical (unpaired) electrons. The second-order valence-electron chi connectivity index (χ2n) is 6.45. The van der Waals surface area contributed by atoms with Gasteiger partial charge in [-0.1, -0.05) is 25.4 Å². The van der Waals surface area contributed by atoms with E-state index in [9.17, 15) is 9.59 Å². The van der Waals surface area contributed by atoms with Gasteiger partial charge < -0.3 is 16.0 Å². The van der Waals surface area contributed by atoms with Crippen molar-refractivity contribution in [1.82, 2.24) is 5.32 Å². The molecule has 0 saturated carbocycles. The van der Waals surface area contributed by atoms with E-state index in [0.29, 0.717) is 24.0 Å². The van der Waals surface area contributed by atoms with Crippen molar-refractivity contribution in [3.8, 4) is 0 Å². The molecule has 2 rings (SSSR count). The van der Waals surface area contributed by atoms with E-state index in [4.69, 9.17) is 17.3 Å². The van der Waals surface area contributed by atoms with E-state index in [2.05, 4.69) is 19.2 Å². The average molecular weight is 338 g/mol. The number of hydrogen-bond donors (Lipinski definition) is 2. The Labute approximate surface area is 142 Å². The summed E-state index contributed by atoms with van der Waals surface area (Å²) in [6, 6.07) is 7.03. The van der Waals surface area contributed by atoms with E-state index in [1.165, 1.54) is 0 Å². The largest absolute Gasteiger partial charge is 0.352 e. The SMILES string of the molecule is CC(C)CC(CN)NC(=O)C1CC(=O)N(c2ccc(Cl)cc2)C1. The molecule has 0 bridgehead atoms. The molecule has 2 amide bonds. The lowest BCUT2D eigenvalue weighted by atomic mass is 10.0. The van der Waals surface area contributed by atoms with Crippen LogP contribution in [0.25, 0.3) is 0 Å². The molecule has 2 unspecified atom stereocenters. The molecule has 1 fully saturated rings. The highest BCUT2D eigenvalue weighted by Gasteiger charge is 2.35. The van der Waals surface area contributed by atoms with E-state index in [1.807, 2.05) is 0 Å². The Morgan fingerprint density at radius 3 is 2.61 bits per heavy atom. The summed E-state index contributed by atoms with van der Waals surface area (Å²) in [6.07, 6.45) is 1.07. The van der Waals surface area contributed by atoms with Gasteiger partial charge in [0.2, 0.25) is 11.8 Å². The summed E-state index contributed by atoms with van der Waals surface area (Å²) in [4.78, 5) is 26.2. The first-order valence-corrected chi connectivity index (χ1v) is 8.35. The molecule has 0 spiro atoms. The van der Waals surface area contributed by atoms with Crippen molar-refractivity contribution in [2.75, 3.05) is 18.0 Å². The first-order chi connectivity index (χ1) is 10.9. The van der Waals surface area contributed by atoms with Crippen LogP contribution in [0.1, 0.15) is 26.7 Å². The molecule has 5 nitrogen and oxygen atoms in total. The molecule has 1 aromatic carbocycles. The average Bonchev–Trinajstić information content (AvgIpc) is 2.89. The van der Waals surface area contributed by atoms with E-state index < -0.39 is 0 Å². The maximum Gasteiger partial charge on any atom is 0.227 e. The van der Waals surface area contributed by atoms with Gasteiger partial charge in [0.15, 0.2) is 0 Å². The van der Waals surface area contributed by atoms with E-state index in [-0.39, 0.29) is 30.2 Å². The number of carbonyl (C=O) groups excluding carboxylic acids is 2. The zero-order valence-electron chi connectivity index (χ0n) is 13.6. The highest BCUT2D eigenvalue weighted by atomic mass is 35.5. The molecular weight excluding hydrogens is 314 g/mol. The van der Waals surface area contributed by atoms with Gasteiger partial charge in [0.25, 0.3) is 0 Å². The third-order valence-electron chi connectivity index (χ3n) is 4.02. The van der Waals surface area contributed by atoms with Crippen LogP contribution in [0.3, 0.4) is 0 Å². The minimum atomic E-state index is -0.334. The summed E-state index contributed by atoms with van der Waals surface area (Å²) in [6.45, 7) is 4.99. The summed E-state index contributed by atoms with van der Waals surface area (Å²) >= 11 is 5.87. The highest BCUT2D eigenvalue weighted by Crippen LogP contribution is 2.26. The lowest BCUT2D eigenvalue weighted by molar-refractivity contribution is -0.127. The van der Waals surface area contributed by atoms with Crippen molar-refractivity contribution < 1.29 is 9.59 Å². The Hall–Kier alpha value is -1.59. The van der Waals surface area contributed by atoms with Crippen molar-refractivity contribution in [1.29, 1.82) is 0 Å². The van der Waals surface area contributed by atoms with Crippen LogP contribution in [-0.2, 0) is 9.59 Å². The van der Waals surface area contributed by atoms with Crippen molar-refractivity contribution in [2.24, 2.45) is 17.6 Å². The number of anilines is 1. The van der Waals surface area contributed by atoms with Crippen LogP contribution in [-0.4, -0.2) is 30.9 Å². The quantitative estimate of drug-likeness (QED) is 0.835. The first kappa shape index (κ1) is 17.8. The van der Waals surface area contributed by atoms with Gasteiger partial charge in [-0.2, -0.15) is 0 Å². The molecular formula is C17H24ClN3O2. The topological polar surface area (TPSA) is 75.4 Å². The third kappa shape index (κ3) is 4.69. The van der Waals surface area contributed by atoms with Crippen LogP contribution in [0.2, 0.25) is 5.02 Å². The maximum absolute atomic E-state index is 12.4. The summed E-state index contributed by atoms with van der Waals surface area (Å²) in [5, 5.41) is 3.60. The van der Waals surface area contributed by atoms with Crippen LogP contribution in [0.15, 0.2) is 24.3 Å². The molecule has 3 N–H and O–H groups in total. The van der Waals surface area contributed by atoms with Crippen LogP contribution in [0.4, 0.5) is 5.69 Å². The smallest absolute Gasteiger partial charge is 0.227 e. The molecule has 1 saturated heterocycles. The Morgan fingerprint density at radius 2 is 2.04 bits per heavy atom. The maximum atomic E-state index is 12.4. The Morgan fingerprint density at radius 1 is 1.39 bits per heavy atom. The third-order valence-corrected chi connectivity index (χ3v) is 4.27. The minimum Gasteiger partial charge on any atom is -0.352 e. The summed E-state index contributed by atoms with van der Waals surface area (Å²) in [5.74, 6) is -0.00874. The van der Waals surface area contributed by atoms with Crippen molar-refractivity contribution in [3.05, 3.63) is 29.3 Å². The number of nitrogens with two attached hydrogens (primary N) is 1. The summed E-state index contributed by atoms with van der Waals surface area (Å²) < 4.78 is 0. The molecule has 2 atom stereocenters. The van der Waals surface area contributed by atoms with Crippen molar-refractivity contribution in [2.45, 2.75) is 32.7 Å². The Balaban J connectivity index is 1.98. The van der Waals surface area contributed by atoms with Crippen LogP contribution >= 0.6 is 11.6 Å². The van der Waals surface area contributed by atoms with Crippen molar-refractivity contribution in [3.63, 3.8) is 0 Å². The number of nitrogens with zero attached hydrogens (tertiary/aromatic N) is 1. The minimum absolute atomic E-state index is 0.0396.